The van der Waals surface area contributed by atoms with E-state index in [0.717, 1.165) is 5.01 Å². The minimum Gasteiger partial charge on any atom is -0.503 e. The van der Waals surface area contributed by atoms with Gasteiger partial charge in [0.15, 0.2) is 11.5 Å². The molecule has 1 fully saturated rings. The van der Waals surface area contributed by atoms with Gasteiger partial charge in [0.2, 0.25) is 0 Å². The molecule has 3 rings (SSSR count). The smallest absolute Gasteiger partial charge is 0.282 e. The molecule has 1 heterocycles. The van der Waals surface area contributed by atoms with Gasteiger partial charge in [-0.2, -0.15) is 0 Å². The number of carbonyl (C=O) groups is 2. The first kappa shape index (κ1) is 19.7. The van der Waals surface area contributed by atoms with Crippen molar-refractivity contribution in [1.29, 1.82) is 0 Å². The van der Waals surface area contributed by atoms with Crippen LogP contribution >= 0.6 is 43.5 Å². The second-order valence-corrected chi connectivity index (χ2v) is 7.51. The van der Waals surface area contributed by atoms with Crippen molar-refractivity contribution in [3.05, 3.63) is 55.4 Å². The summed E-state index contributed by atoms with van der Waals surface area (Å²) >= 11 is 12.5. The van der Waals surface area contributed by atoms with E-state index in [9.17, 15) is 14.7 Å². The van der Waals surface area contributed by atoms with Gasteiger partial charge in [-0.25, -0.2) is 5.01 Å². The maximum Gasteiger partial charge on any atom is 0.282 e. The maximum absolute atomic E-state index is 12.7. The highest BCUT2D eigenvalue weighted by atomic mass is 79.9. The van der Waals surface area contributed by atoms with Gasteiger partial charge in [0.05, 0.1) is 16.8 Å². The maximum atomic E-state index is 12.7. The minimum atomic E-state index is -0.538. The summed E-state index contributed by atoms with van der Waals surface area (Å²) in [6.45, 7) is 2.13. The molecule has 2 aromatic rings. The third-order valence-electron chi connectivity index (χ3n) is 3.75. The van der Waals surface area contributed by atoms with Crippen molar-refractivity contribution in [2.75, 3.05) is 11.6 Å². The van der Waals surface area contributed by atoms with Gasteiger partial charge in [0, 0.05) is 9.50 Å². The van der Waals surface area contributed by atoms with Crippen LogP contribution < -0.4 is 15.2 Å². The van der Waals surface area contributed by atoms with Gasteiger partial charge in [0.25, 0.3) is 11.8 Å². The Morgan fingerprint density at radius 1 is 1.22 bits per heavy atom. The lowest BCUT2D eigenvalue weighted by Crippen LogP contribution is -2.35. The van der Waals surface area contributed by atoms with Gasteiger partial charge in [-0.1, -0.05) is 11.6 Å². The molecule has 0 atom stereocenters. The topological polar surface area (TPSA) is 78.9 Å². The van der Waals surface area contributed by atoms with Gasteiger partial charge >= 0.3 is 0 Å². The molecule has 0 bridgehead atoms. The summed E-state index contributed by atoms with van der Waals surface area (Å²) in [6, 6.07) is 8.06. The van der Waals surface area contributed by atoms with E-state index < -0.39 is 11.8 Å². The monoisotopic (exact) mass is 514 g/mol. The van der Waals surface area contributed by atoms with Crippen LogP contribution in [0, 0.1) is 0 Å². The van der Waals surface area contributed by atoms with Crippen LogP contribution in [0.1, 0.15) is 12.5 Å². The van der Waals surface area contributed by atoms with E-state index in [0.29, 0.717) is 31.8 Å². The van der Waals surface area contributed by atoms with Crippen LogP contribution in [-0.2, 0) is 9.59 Å². The number of anilines is 1. The molecule has 0 radical (unpaired) electrons. The number of phenols is 1. The standard InChI is InChI=1S/C18H13Br2ClN2O4/c1-2-27-13-8-9(14(19)15(20)16(13)24)7-12-17(25)22-23(18(12)26)11-5-3-10(21)4-6-11/h3-8,24H,2H2,1H3,(H,22,25)/b12-7+. The van der Waals surface area contributed by atoms with Crippen molar-refractivity contribution >= 4 is 67.0 Å². The number of nitrogens with one attached hydrogen (secondary N) is 1. The number of nitrogens with zero attached hydrogens (tertiary/aromatic N) is 1. The van der Waals surface area contributed by atoms with E-state index in [1.807, 2.05) is 0 Å². The number of hydrogen-bond donors (Lipinski definition) is 2. The van der Waals surface area contributed by atoms with Crippen molar-refractivity contribution in [3.63, 3.8) is 0 Å². The Kier molecular flexibility index (Phi) is 5.78. The molecular weight excluding hydrogens is 503 g/mol. The number of benzene rings is 2. The van der Waals surface area contributed by atoms with E-state index in [1.165, 1.54) is 6.08 Å². The predicted octanol–water partition coefficient (Wildman–Crippen LogP) is 4.43. The summed E-state index contributed by atoms with van der Waals surface area (Å²) in [7, 11) is 0. The number of hydrazine groups is 1. The van der Waals surface area contributed by atoms with Crippen LogP contribution in [0.2, 0.25) is 5.02 Å². The molecule has 6 nitrogen and oxygen atoms in total. The zero-order valence-electron chi connectivity index (χ0n) is 13.9. The van der Waals surface area contributed by atoms with Gasteiger partial charge in [-0.05, 0) is 80.8 Å². The zero-order valence-corrected chi connectivity index (χ0v) is 17.9. The Morgan fingerprint density at radius 2 is 1.89 bits per heavy atom. The molecule has 0 spiro atoms. The summed E-state index contributed by atoms with van der Waals surface area (Å²) in [5.41, 5.74) is 3.46. The Bertz CT molecular complexity index is 961. The van der Waals surface area contributed by atoms with E-state index in [1.54, 1.807) is 37.3 Å². The zero-order chi connectivity index (χ0) is 19.7. The average molecular weight is 517 g/mol. The summed E-state index contributed by atoms with van der Waals surface area (Å²) in [5, 5.41) is 11.8. The summed E-state index contributed by atoms with van der Waals surface area (Å²) in [6.07, 6.45) is 1.43. The highest BCUT2D eigenvalue weighted by Crippen LogP contribution is 2.42. The number of hydrogen-bond acceptors (Lipinski definition) is 4. The van der Waals surface area contributed by atoms with Gasteiger partial charge < -0.3 is 9.84 Å². The average Bonchev–Trinajstić information content (AvgIpc) is 2.92. The Morgan fingerprint density at radius 3 is 2.52 bits per heavy atom. The predicted molar refractivity (Wildman–Crippen MR) is 110 cm³/mol. The quantitative estimate of drug-likeness (QED) is 0.466. The third kappa shape index (κ3) is 3.83. The minimum absolute atomic E-state index is 0.0503. The first-order valence-corrected chi connectivity index (χ1v) is 9.76. The molecular formula is C18H13Br2ClN2O4. The molecule has 0 saturated carbocycles. The van der Waals surface area contributed by atoms with Crippen LogP contribution in [0.5, 0.6) is 11.5 Å². The second kappa shape index (κ2) is 7.92. The first-order chi connectivity index (χ1) is 12.8. The number of halogens is 3. The summed E-state index contributed by atoms with van der Waals surface area (Å²) < 4.78 is 6.24. The Hall–Kier alpha value is -2.03. The van der Waals surface area contributed by atoms with Gasteiger partial charge in [0.1, 0.15) is 5.57 Å². The van der Waals surface area contributed by atoms with Crippen molar-refractivity contribution in [3.8, 4) is 11.5 Å². The largest absolute Gasteiger partial charge is 0.503 e. The van der Waals surface area contributed by atoms with Crippen molar-refractivity contribution in [2.24, 2.45) is 0 Å². The van der Waals surface area contributed by atoms with Crippen LogP contribution in [0.15, 0.2) is 44.9 Å². The molecule has 0 aromatic heterocycles. The Labute approximate surface area is 177 Å². The fraction of sp³-hybridized carbons (Fsp3) is 0.111. The van der Waals surface area contributed by atoms with Crippen molar-refractivity contribution < 1.29 is 19.4 Å². The molecule has 0 unspecified atom stereocenters. The number of phenolic OH excluding ortho intramolecular Hbond substituents is 1. The number of aromatic hydroxyl groups is 1. The number of rotatable bonds is 4. The fourth-order valence-electron chi connectivity index (χ4n) is 2.47. The highest BCUT2D eigenvalue weighted by Gasteiger charge is 2.34. The van der Waals surface area contributed by atoms with Crippen LogP contribution in [0.4, 0.5) is 5.69 Å². The van der Waals surface area contributed by atoms with Crippen molar-refractivity contribution in [2.45, 2.75) is 6.92 Å². The molecule has 1 aliphatic heterocycles. The van der Waals surface area contributed by atoms with Crippen LogP contribution in [-0.4, -0.2) is 23.5 Å². The Balaban J connectivity index is 2.01. The summed E-state index contributed by atoms with van der Waals surface area (Å²) in [5.74, 6) is -0.879. The molecule has 0 aliphatic carbocycles. The molecule has 2 aromatic carbocycles. The number of carbonyl (C=O) groups excluding carboxylic acids is 2. The number of amides is 2. The molecule has 2 amide bonds. The SMILES string of the molecule is CCOc1cc(/C=C2\C(=O)NN(c3ccc(Cl)cc3)C2=O)c(Br)c(Br)c1O. The molecule has 27 heavy (non-hydrogen) atoms. The van der Waals surface area contributed by atoms with Crippen LogP contribution in [0.25, 0.3) is 6.08 Å². The fourth-order valence-corrected chi connectivity index (χ4v) is 3.43. The molecule has 1 saturated heterocycles. The first-order valence-electron chi connectivity index (χ1n) is 7.80. The van der Waals surface area contributed by atoms with E-state index in [2.05, 4.69) is 37.3 Å². The van der Waals surface area contributed by atoms with E-state index in [4.69, 9.17) is 16.3 Å². The molecule has 2 N–H and O–H groups in total. The van der Waals surface area contributed by atoms with Crippen molar-refractivity contribution in [1.82, 2.24) is 5.43 Å². The third-order valence-corrected chi connectivity index (χ3v) is 6.16. The lowest BCUT2D eigenvalue weighted by Gasteiger charge is -2.14. The van der Waals surface area contributed by atoms with Gasteiger partial charge in [-0.15, -0.1) is 0 Å². The van der Waals surface area contributed by atoms with Crippen LogP contribution in [0.3, 0.4) is 0 Å². The lowest BCUT2D eigenvalue weighted by atomic mass is 10.1. The second-order valence-electron chi connectivity index (χ2n) is 5.49. The lowest BCUT2D eigenvalue weighted by molar-refractivity contribution is -0.117. The molecule has 140 valence electrons. The van der Waals surface area contributed by atoms with Gasteiger partial charge in [-0.3, -0.25) is 15.0 Å². The summed E-state index contributed by atoms with van der Waals surface area (Å²) in [4.78, 5) is 25.1. The number of ether oxygens (including phenoxy) is 1. The van der Waals surface area contributed by atoms with E-state index >= 15 is 0 Å². The highest BCUT2D eigenvalue weighted by molar-refractivity contribution is 9.13. The normalized spacial score (nSPS) is 15.4. The van der Waals surface area contributed by atoms with E-state index in [-0.39, 0.29) is 17.1 Å². The molecule has 9 heteroatoms. The molecule has 1 aliphatic rings.